The minimum absolute atomic E-state index is 0.00121. The van der Waals surface area contributed by atoms with Gasteiger partial charge in [-0.1, -0.05) is 146 Å². The van der Waals surface area contributed by atoms with E-state index in [1.165, 1.54) is 68.5 Å². The summed E-state index contributed by atoms with van der Waals surface area (Å²) in [7, 11) is 0. The molecule has 1 saturated heterocycles. The molecule has 0 spiro atoms. The molecule has 16 heterocycles. The number of rotatable bonds is 19. The van der Waals surface area contributed by atoms with Crippen LogP contribution in [0.1, 0.15) is 40.8 Å². The second kappa shape index (κ2) is 37.9. The highest BCUT2D eigenvalue weighted by Crippen LogP contribution is 2.40. The molecule has 0 unspecified atom stereocenters. The smallest absolute Gasteiger partial charge is 0.248 e. The molecular formula is C104H83F2N29O4. The van der Waals surface area contributed by atoms with E-state index in [1.807, 2.05) is 156 Å². The Morgan fingerprint density at radius 3 is 1.17 bits per heavy atom. The Kier molecular flexibility index (Phi) is 23.7. The second-order valence-electron chi connectivity index (χ2n) is 33.2. The number of anilines is 4. The van der Waals surface area contributed by atoms with Crippen molar-refractivity contribution >= 4 is 111 Å². The average Bonchev–Trinajstić information content (AvgIpc) is 1.63. The molecule has 23 aromatic rings. The number of para-hydroxylation sites is 4. The standard InChI is InChI=1S/C26H18FN7O.C26H24FN7O.C26H22N8O.C26H19N7O/c27-19-7-3-2-6-18(19)23-17(11-15-5-1-4-8-20(15)32-23)13-34-26-22(25(28)30-14-31-26)24(33-34)16-9-10-29-21(35)12-16;27-19-10-17(11-20(35)12-19)24-23-25(28)29-15-30-26(23)34(32-24)13-18-9-16-5-1-2-6-21(16)31-22(18)14-33-7-3-4-8-33;27-25-22-24(20-13-30-33(14-20)10-11-35)32-34(26(22)29-16-28-25)15-19-12-18-8-4-5-9-21(18)31-23(19)17-6-2-1-3-7-17;27-25-22-24(18-10-11-28-21(34)13-18)32-33(26(22)30-15-29-25)14-19-12-17-8-4-5-9-20(17)31-23(19)16-6-2-1-3-7-16/h1-12,14H,13H2,(H,29,35)(H2,28,30,31);1-2,5-6,9-12,15,35H,3-4,7-8,13-14H2,(H2,28,29,30);1-9,12-14,16,35H,10-11,15H2,(H2,27,28,29);1-13,15H,14H2,(H,28,34)(H2,27,29,30). The van der Waals surface area contributed by atoms with Crippen molar-refractivity contribution in [3.05, 3.63) is 359 Å². The van der Waals surface area contributed by atoms with Crippen molar-refractivity contribution in [3.63, 3.8) is 0 Å². The van der Waals surface area contributed by atoms with E-state index in [9.17, 15) is 28.6 Å². The summed E-state index contributed by atoms with van der Waals surface area (Å²) in [5, 5.41) is 49.2. The van der Waals surface area contributed by atoms with Gasteiger partial charge < -0.3 is 43.1 Å². The number of pyridine rings is 6. The number of fused-ring (bicyclic) bond motifs is 8. The number of aromatic nitrogens is 24. The molecule has 1 fully saturated rings. The first-order chi connectivity index (χ1) is 68.0. The van der Waals surface area contributed by atoms with Gasteiger partial charge in [-0.3, -0.25) is 24.2 Å². The third-order valence-electron chi connectivity index (χ3n) is 24.1. The molecule has 0 radical (unpaired) electrons. The van der Waals surface area contributed by atoms with Crippen LogP contribution in [0.4, 0.5) is 32.1 Å². The molecule has 139 heavy (non-hydrogen) atoms. The summed E-state index contributed by atoms with van der Waals surface area (Å²) in [6, 6.07) is 77.3. The van der Waals surface area contributed by atoms with E-state index in [0.717, 1.165) is 125 Å². The molecule has 0 amide bonds. The minimum Gasteiger partial charge on any atom is -0.508 e. The Balaban J connectivity index is 0.000000110. The molecule has 0 atom stereocenters. The zero-order valence-corrected chi connectivity index (χ0v) is 74.1. The van der Waals surface area contributed by atoms with E-state index < -0.39 is 5.82 Å². The topological polar surface area (TPSA) is 457 Å². The van der Waals surface area contributed by atoms with Crippen molar-refractivity contribution in [2.45, 2.75) is 52.1 Å². The van der Waals surface area contributed by atoms with Crippen LogP contribution in [0.15, 0.2) is 308 Å². The number of aromatic hydroxyl groups is 1. The van der Waals surface area contributed by atoms with Crippen molar-refractivity contribution in [2.75, 3.05) is 42.6 Å². The van der Waals surface area contributed by atoms with Gasteiger partial charge in [0.05, 0.1) is 112 Å². The van der Waals surface area contributed by atoms with Crippen LogP contribution < -0.4 is 34.1 Å². The number of phenolic OH excluding ortho intramolecular Hbond substituents is 1. The molecule has 15 aromatic heterocycles. The van der Waals surface area contributed by atoms with Gasteiger partial charge in [-0.15, -0.1) is 0 Å². The predicted octanol–water partition coefficient (Wildman–Crippen LogP) is 15.8. The largest absolute Gasteiger partial charge is 0.508 e. The number of nitrogens with two attached hydrogens (primary N) is 4. The minimum atomic E-state index is -0.565. The van der Waals surface area contributed by atoms with Crippen LogP contribution in [-0.4, -0.2) is 153 Å². The summed E-state index contributed by atoms with van der Waals surface area (Å²) in [4.78, 5) is 85.8. The fourth-order valence-corrected chi connectivity index (χ4v) is 17.7. The van der Waals surface area contributed by atoms with Gasteiger partial charge in [0.1, 0.15) is 88.7 Å². The quantitative estimate of drug-likeness (QED) is 0.0373. The summed E-state index contributed by atoms with van der Waals surface area (Å²) in [6.07, 6.45) is 14.7. The number of likely N-dealkylation sites (tertiary alicyclic amines) is 1. The number of nitrogens with zero attached hydrogens (tertiary/aromatic N) is 23. The van der Waals surface area contributed by atoms with Gasteiger partial charge in [0.2, 0.25) is 11.1 Å². The molecule has 682 valence electrons. The second-order valence-corrected chi connectivity index (χ2v) is 33.2. The summed E-state index contributed by atoms with van der Waals surface area (Å²) < 4.78 is 37.7. The summed E-state index contributed by atoms with van der Waals surface area (Å²) >= 11 is 0. The van der Waals surface area contributed by atoms with Crippen molar-refractivity contribution in [1.82, 2.24) is 124 Å². The average molecular weight is 1840 g/mol. The highest BCUT2D eigenvalue weighted by Gasteiger charge is 2.28. The van der Waals surface area contributed by atoms with Crippen LogP contribution in [0.25, 0.3) is 167 Å². The SMILES string of the molecule is Nc1ncnc2c1c(-c1cc(O)cc(F)c1)nn2Cc1cc2ccccc2nc1CN1CCCC1.Nc1ncnc2c1c(-c1cc[nH]c(=O)c1)nn2Cc1cc2ccccc2nc1-c1ccccc1.Nc1ncnc2c1c(-c1cc[nH]c(=O)c1)nn2Cc1cc2ccccc2nc1-c1ccccc1F.Nc1ncnc2c1c(-c1cnn(CCO)c1)nn2Cc1cc2ccccc2nc1-c1ccccc1. The first-order valence-electron chi connectivity index (χ1n) is 44.5. The van der Waals surface area contributed by atoms with E-state index in [4.69, 9.17) is 63.3 Å². The molecule has 8 aromatic carbocycles. The zero-order valence-electron chi connectivity index (χ0n) is 74.1. The number of hydrogen-bond donors (Lipinski definition) is 8. The van der Waals surface area contributed by atoms with Crippen LogP contribution in [0.3, 0.4) is 0 Å². The lowest BCUT2D eigenvalue weighted by Crippen LogP contribution is -2.21. The van der Waals surface area contributed by atoms with E-state index in [-0.39, 0.29) is 47.5 Å². The van der Waals surface area contributed by atoms with Gasteiger partial charge in [-0.2, -0.15) is 25.5 Å². The van der Waals surface area contributed by atoms with Crippen molar-refractivity contribution in [1.29, 1.82) is 0 Å². The number of H-pyrrole nitrogens is 2. The number of aromatic amines is 2. The summed E-state index contributed by atoms with van der Waals surface area (Å²) in [5.41, 5.74) is 44.4. The fraction of sp³-hybridized carbons (Fsp3) is 0.106. The zero-order chi connectivity index (χ0) is 94.7. The number of benzene rings is 8. The van der Waals surface area contributed by atoms with E-state index in [2.05, 4.69) is 96.2 Å². The Morgan fingerprint density at radius 2 is 0.741 bits per heavy atom. The third kappa shape index (κ3) is 17.9. The molecule has 12 N–H and O–H groups in total. The number of halogens is 2. The third-order valence-corrected chi connectivity index (χ3v) is 24.1. The lowest BCUT2D eigenvalue weighted by atomic mass is 10.0. The number of nitrogens with one attached hydrogen (secondary N) is 2. The Morgan fingerprint density at radius 1 is 0.360 bits per heavy atom. The maximum Gasteiger partial charge on any atom is 0.248 e. The molecule has 0 bridgehead atoms. The van der Waals surface area contributed by atoms with Crippen LogP contribution in [0.5, 0.6) is 5.75 Å². The van der Waals surface area contributed by atoms with Gasteiger partial charge in [0.15, 0.2) is 22.6 Å². The molecule has 33 nitrogen and oxygen atoms in total. The number of hydrogen-bond acceptors (Lipinski definition) is 26. The van der Waals surface area contributed by atoms with Crippen molar-refractivity contribution < 1.29 is 19.0 Å². The Labute approximate surface area is 787 Å². The summed E-state index contributed by atoms with van der Waals surface area (Å²) in [5.74, 6) is 0.0427. The maximum absolute atomic E-state index is 14.8. The highest BCUT2D eigenvalue weighted by atomic mass is 19.1. The van der Waals surface area contributed by atoms with Gasteiger partial charge in [0.25, 0.3) is 0 Å². The van der Waals surface area contributed by atoms with E-state index >= 15 is 0 Å². The fourth-order valence-electron chi connectivity index (χ4n) is 17.7. The lowest BCUT2D eigenvalue weighted by Gasteiger charge is -2.18. The van der Waals surface area contributed by atoms with Crippen LogP contribution in [-0.2, 0) is 39.3 Å². The van der Waals surface area contributed by atoms with Crippen LogP contribution >= 0.6 is 0 Å². The Bertz CT molecular complexity index is 8720. The molecule has 0 saturated carbocycles. The number of nitrogen functional groups attached to an aromatic ring is 4. The first-order valence-corrected chi connectivity index (χ1v) is 44.5. The molecule has 1 aliphatic rings. The maximum atomic E-state index is 14.8. The predicted molar refractivity (Wildman–Crippen MR) is 531 cm³/mol. The van der Waals surface area contributed by atoms with Crippen LogP contribution in [0.2, 0.25) is 0 Å². The lowest BCUT2D eigenvalue weighted by molar-refractivity contribution is 0.269. The molecule has 0 aliphatic carbocycles. The number of aliphatic hydroxyl groups excluding tert-OH is 1. The van der Waals surface area contributed by atoms with Gasteiger partial charge in [0, 0.05) is 121 Å². The molecular weight excluding hydrogens is 1760 g/mol. The molecule has 35 heteroatoms. The molecule has 24 rings (SSSR count). The number of aliphatic hydroxyl groups is 1. The van der Waals surface area contributed by atoms with E-state index in [0.29, 0.717) is 133 Å². The highest BCUT2D eigenvalue weighted by molar-refractivity contribution is 6.02. The van der Waals surface area contributed by atoms with Crippen LogP contribution in [0, 0.1) is 11.6 Å². The van der Waals surface area contributed by atoms with Gasteiger partial charge in [-0.25, -0.2) is 82.3 Å². The van der Waals surface area contributed by atoms with Crippen molar-refractivity contribution in [3.8, 4) is 84.6 Å². The normalized spacial score (nSPS) is 12.1. The monoisotopic (exact) mass is 1840 g/mol. The first kappa shape index (κ1) is 87.2. The van der Waals surface area contributed by atoms with Gasteiger partial charge >= 0.3 is 0 Å². The molecule has 1 aliphatic heterocycles. The number of phenols is 1. The summed E-state index contributed by atoms with van der Waals surface area (Å²) in [6.45, 7) is 4.81. The van der Waals surface area contributed by atoms with Crippen molar-refractivity contribution in [2.24, 2.45) is 0 Å². The van der Waals surface area contributed by atoms with Gasteiger partial charge in [-0.05, 0) is 116 Å². The van der Waals surface area contributed by atoms with E-state index in [1.54, 1.807) is 67.6 Å². The Hall–Kier alpha value is -18.5.